The summed E-state index contributed by atoms with van der Waals surface area (Å²) in [5.74, 6) is 1.05. The smallest absolute Gasteiger partial charge is 0.228 e. The Balaban J connectivity index is 1.60. The number of carbonyl (C=O) groups is 1. The molecular formula is C17H26N4O2. The maximum atomic E-state index is 12.7. The third kappa shape index (κ3) is 3.63. The summed E-state index contributed by atoms with van der Waals surface area (Å²) < 4.78 is 5.64. The fourth-order valence-electron chi connectivity index (χ4n) is 3.46. The highest BCUT2D eigenvalue weighted by Gasteiger charge is 2.33. The molecule has 0 bridgehead atoms. The first kappa shape index (κ1) is 16.2. The first-order valence-corrected chi connectivity index (χ1v) is 8.52. The molecule has 6 heteroatoms. The summed E-state index contributed by atoms with van der Waals surface area (Å²) in [5, 5.41) is 0. The summed E-state index contributed by atoms with van der Waals surface area (Å²) in [6.45, 7) is 9.82. The summed E-state index contributed by atoms with van der Waals surface area (Å²) in [4.78, 5) is 25.9. The lowest BCUT2D eigenvalue weighted by Gasteiger charge is -2.38. The summed E-state index contributed by atoms with van der Waals surface area (Å²) in [6, 6.07) is 1.98. The van der Waals surface area contributed by atoms with Crippen molar-refractivity contribution in [2.45, 2.75) is 39.7 Å². The van der Waals surface area contributed by atoms with E-state index in [0.29, 0.717) is 0 Å². The van der Waals surface area contributed by atoms with Crippen LogP contribution in [0.4, 0.5) is 5.95 Å². The van der Waals surface area contributed by atoms with Crippen LogP contribution in [0.15, 0.2) is 6.07 Å². The average molecular weight is 318 g/mol. The number of piperazine rings is 1. The zero-order valence-corrected chi connectivity index (χ0v) is 14.3. The molecule has 0 spiro atoms. The van der Waals surface area contributed by atoms with E-state index >= 15 is 0 Å². The van der Waals surface area contributed by atoms with Gasteiger partial charge in [0.15, 0.2) is 0 Å². The summed E-state index contributed by atoms with van der Waals surface area (Å²) in [6.07, 6.45) is 1.97. The van der Waals surface area contributed by atoms with Gasteiger partial charge in [0.2, 0.25) is 11.9 Å². The predicted octanol–water partition coefficient (Wildman–Crippen LogP) is 1.56. The number of carbonyl (C=O) groups excluding carboxylic acids is 1. The normalized spacial score (nSPS) is 25.5. The molecule has 0 N–H and O–H groups in total. The van der Waals surface area contributed by atoms with E-state index in [4.69, 9.17) is 4.74 Å². The number of nitrogens with zero attached hydrogens (tertiary/aromatic N) is 4. The van der Waals surface area contributed by atoms with Gasteiger partial charge in [0, 0.05) is 44.2 Å². The van der Waals surface area contributed by atoms with E-state index in [1.54, 1.807) is 0 Å². The summed E-state index contributed by atoms with van der Waals surface area (Å²) >= 11 is 0. The Hall–Kier alpha value is -1.69. The lowest BCUT2D eigenvalue weighted by molar-refractivity contribution is -0.144. The van der Waals surface area contributed by atoms with Gasteiger partial charge >= 0.3 is 0 Å². The number of aromatic nitrogens is 2. The van der Waals surface area contributed by atoms with Crippen LogP contribution in [0.1, 0.15) is 31.2 Å². The largest absolute Gasteiger partial charge is 0.378 e. The van der Waals surface area contributed by atoms with Gasteiger partial charge in [-0.05, 0) is 39.7 Å². The highest BCUT2D eigenvalue weighted by atomic mass is 16.5. The fourth-order valence-corrected chi connectivity index (χ4v) is 3.46. The second-order valence-electron chi connectivity index (χ2n) is 6.59. The highest BCUT2D eigenvalue weighted by molar-refractivity contribution is 5.79. The molecule has 1 aromatic heterocycles. The lowest BCUT2D eigenvalue weighted by atomic mass is 9.93. The number of hydrogen-bond donors (Lipinski definition) is 0. The van der Waals surface area contributed by atoms with Crippen molar-refractivity contribution in [1.29, 1.82) is 0 Å². The Labute approximate surface area is 137 Å². The molecule has 0 unspecified atom stereocenters. The number of amides is 1. The van der Waals surface area contributed by atoms with Crippen molar-refractivity contribution >= 4 is 11.9 Å². The molecule has 0 aromatic carbocycles. The van der Waals surface area contributed by atoms with Crippen LogP contribution in [-0.4, -0.2) is 59.7 Å². The number of ether oxygens (including phenoxy) is 1. The minimum Gasteiger partial charge on any atom is -0.378 e. The van der Waals surface area contributed by atoms with E-state index in [1.165, 1.54) is 0 Å². The highest BCUT2D eigenvalue weighted by Crippen LogP contribution is 2.23. The van der Waals surface area contributed by atoms with Crippen LogP contribution in [0.5, 0.6) is 0 Å². The zero-order chi connectivity index (χ0) is 16.4. The first-order chi connectivity index (χ1) is 11.0. The van der Waals surface area contributed by atoms with Crippen LogP contribution in [0, 0.1) is 19.8 Å². The standard InChI is InChI=1S/C17H26N4O2/c1-12-11-13(2)19-17(18-12)21-8-6-20(7-9-21)16(22)15-5-4-10-23-14(15)3/h11,14-15H,4-10H2,1-3H3/t14-,15+/m0/s1. The van der Waals surface area contributed by atoms with Crippen molar-refractivity contribution in [2.24, 2.45) is 5.92 Å². The molecule has 2 fully saturated rings. The van der Waals surface area contributed by atoms with Crippen LogP contribution in [0.25, 0.3) is 0 Å². The molecular weight excluding hydrogens is 292 g/mol. The maximum Gasteiger partial charge on any atom is 0.228 e. The number of anilines is 1. The Kier molecular flexibility index (Phi) is 4.80. The molecule has 0 radical (unpaired) electrons. The van der Waals surface area contributed by atoms with Crippen molar-refractivity contribution in [2.75, 3.05) is 37.7 Å². The second kappa shape index (κ2) is 6.83. The van der Waals surface area contributed by atoms with Gasteiger partial charge in [-0.3, -0.25) is 4.79 Å². The molecule has 1 aromatic rings. The van der Waals surface area contributed by atoms with Gasteiger partial charge in [-0.25, -0.2) is 9.97 Å². The second-order valence-corrected chi connectivity index (χ2v) is 6.59. The number of hydrogen-bond acceptors (Lipinski definition) is 5. The van der Waals surface area contributed by atoms with E-state index in [9.17, 15) is 4.79 Å². The van der Waals surface area contributed by atoms with E-state index in [0.717, 1.165) is 63.0 Å². The fraction of sp³-hybridized carbons (Fsp3) is 0.706. The summed E-state index contributed by atoms with van der Waals surface area (Å²) in [7, 11) is 0. The lowest BCUT2D eigenvalue weighted by Crippen LogP contribution is -2.52. The molecule has 2 atom stereocenters. The molecule has 2 aliphatic heterocycles. The number of rotatable bonds is 2. The molecule has 6 nitrogen and oxygen atoms in total. The van der Waals surface area contributed by atoms with Crippen LogP contribution < -0.4 is 4.90 Å². The van der Waals surface area contributed by atoms with Crippen LogP contribution in [0.3, 0.4) is 0 Å². The van der Waals surface area contributed by atoms with E-state index in [2.05, 4.69) is 14.9 Å². The van der Waals surface area contributed by atoms with Crippen molar-refractivity contribution in [3.63, 3.8) is 0 Å². The van der Waals surface area contributed by atoms with Crippen molar-refractivity contribution in [3.8, 4) is 0 Å². The molecule has 2 saturated heterocycles. The molecule has 0 aliphatic carbocycles. The zero-order valence-electron chi connectivity index (χ0n) is 14.3. The minimum absolute atomic E-state index is 0.0211. The molecule has 3 heterocycles. The Morgan fingerprint density at radius 2 is 1.83 bits per heavy atom. The quantitative estimate of drug-likeness (QED) is 0.828. The van der Waals surface area contributed by atoms with Gasteiger partial charge < -0.3 is 14.5 Å². The van der Waals surface area contributed by atoms with E-state index < -0.39 is 0 Å². The molecule has 23 heavy (non-hydrogen) atoms. The third-order valence-electron chi connectivity index (χ3n) is 4.77. The van der Waals surface area contributed by atoms with Gasteiger partial charge in [-0.1, -0.05) is 0 Å². The molecule has 2 aliphatic rings. The van der Waals surface area contributed by atoms with Crippen molar-refractivity contribution in [3.05, 3.63) is 17.5 Å². The van der Waals surface area contributed by atoms with E-state index in [-0.39, 0.29) is 17.9 Å². The summed E-state index contributed by atoms with van der Waals surface area (Å²) in [5.41, 5.74) is 1.97. The first-order valence-electron chi connectivity index (χ1n) is 8.52. The van der Waals surface area contributed by atoms with Gasteiger partial charge in [0.25, 0.3) is 0 Å². The van der Waals surface area contributed by atoms with Crippen molar-refractivity contribution < 1.29 is 9.53 Å². The topological polar surface area (TPSA) is 58.6 Å². The SMILES string of the molecule is Cc1cc(C)nc(N2CCN(C(=O)[C@@H]3CCCO[C@H]3C)CC2)n1. The molecule has 3 rings (SSSR count). The Bertz CT molecular complexity index is 549. The van der Waals surface area contributed by atoms with Gasteiger partial charge in [-0.15, -0.1) is 0 Å². The molecule has 126 valence electrons. The Morgan fingerprint density at radius 1 is 1.17 bits per heavy atom. The van der Waals surface area contributed by atoms with Gasteiger partial charge in [0.05, 0.1) is 12.0 Å². The predicted molar refractivity (Wildman–Crippen MR) is 88.4 cm³/mol. The van der Waals surface area contributed by atoms with Crippen molar-refractivity contribution in [1.82, 2.24) is 14.9 Å². The van der Waals surface area contributed by atoms with E-state index in [1.807, 2.05) is 31.7 Å². The maximum absolute atomic E-state index is 12.7. The van der Waals surface area contributed by atoms with Crippen LogP contribution in [0.2, 0.25) is 0 Å². The van der Waals surface area contributed by atoms with Crippen LogP contribution >= 0.6 is 0 Å². The average Bonchev–Trinajstić information content (AvgIpc) is 2.54. The van der Waals surface area contributed by atoms with Crippen LogP contribution in [-0.2, 0) is 9.53 Å². The monoisotopic (exact) mass is 318 g/mol. The van der Waals surface area contributed by atoms with Gasteiger partial charge in [-0.2, -0.15) is 0 Å². The molecule has 1 amide bonds. The van der Waals surface area contributed by atoms with Gasteiger partial charge in [0.1, 0.15) is 0 Å². The number of aryl methyl sites for hydroxylation is 2. The minimum atomic E-state index is 0.0211. The molecule has 0 saturated carbocycles. The third-order valence-corrected chi connectivity index (χ3v) is 4.77. The Morgan fingerprint density at radius 3 is 2.43 bits per heavy atom.